The highest BCUT2D eigenvalue weighted by Gasteiger charge is 2.42. The topological polar surface area (TPSA) is 110 Å². The molecule has 1 amide bonds. The second-order valence-corrected chi connectivity index (χ2v) is 7.15. The Morgan fingerprint density at radius 2 is 2.08 bits per heavy atom. The molecule has 1 saturated carbocycles. The summed E-state index contributed by atoms with van der Waals surface area (Å²) in [6.45, 7) is 7.06. The van der Waals surface area contributed by atoms with Crippen molar-refractivity contribution in [3.05, 3.63) is 20.8 Å². The molecular formula is C17H28N4O4. The van der Waals surface area contributed by atoms with Gasteiger partial charge in [-0.3, -0.25) is 19.1 Å². The lowest BCUT2D eigenvalue weighted by Gasteiger charge is -2.25. The van der Waals surface area contributed by atoms with Gasteiger partial charge in [-0.05, 0) is 24.7 Å². The molecular weight excluding hydrogens is 324 g/mol. The molecule has 8 nitrogen and oxygen atoms in total. The number of methoxy groups -OCH3 is 1. The minimum atomic E-state index is -0.624. The van der Waals surface area contributed by atoms with E-state index in [0.717, 1.165) is 6.42 Å². The van der Waals surface area contributed by atoms with Crippen LogP contribution in [0.1, 0.15) is 33.6 Å². The van der Waals surface area contributed by atoms with Crippen LogP contribution in [0.4, 0.5) is 11.5 Å². The highest BCUT2D eigenvalue weighted by atomic mass is 16.5. The van der Waals surface area contributed by atoms with E-state index >= 15 is 0 Å². The third kappa shape index (κ3) is 4.31. The maximum atomic E-state index is 12.8. The van der Waals surface area contributed by atoms with Gasteiger partial charge in [0.15, 0.2) is 5.69 Å². The van der Waals surface area contributed by atoms with Crippen LogP contribution >= 0.6 is 0 Å². The SMILES string of the molecule is COCCCN(C(=O)C1CC1C)c1c(N)n(CC(C)C)c(=O)[nH]c1=O. The fourth-order valence-corrected chi connectivity index (χ4v) is 2.95. The third-order valence-corrected chi connectivity index (χ3v) is 4.45. The van der Waals surface area contributed by atoms with Crippen LogP contribution in [0.5, 0.6) is 0 Å². The monoisotopic (exact) mass is 352 g/mol. The lowest BCUT2D eigenvalue weighted by atomic mass is 10.2. The summed E-state index contributed by atoms with van der Waals surface area (Å²) in [5.41, 5.74) is 5.04. The minimum absolute atomic E-state index is 0.0431. The first-order valence-electron chi connectivity index (χ1n) is 8.70. The molecule has 3 N–H and O–H groups in total. The number of hydrogen-bond acceptors (Lipinski definition) is 5. The number of H-pyrrole nitrogens is 1. The van der Waals surface area contributed by atoms with Crippen LogP contribution < -0.4 is 21.9 Å². The number of nitrogens with one attached hydrogen (secondary N) is 1. The number of nitrogens with zero attached hydrogens (tertiary/aromatic N) is 2. The van der Waals surface area contributed by atoms with Crippen molar-refractivity contribution < 1.29 is 9.53 Å². The van der Waals surface area contributed by atoms with Gasteiger partial charge in [-0.2, -0.15) is 0 Å². The first-order valence-corrected chi connectivity index (χ1v) is 8.70. The van der Waals surface area contributed by atoms with Crippen LogP contribution in [0.3, 0.4) is 0 Å². The maximum absolute atomic E-state index is 12.8. The predicted molar refractivity (Wildman–Crippen MR) is 96.7 cm³/mol. The van der Waals surface area contributed by atoms with E-state index < -0.39 is 11.2 Å². The number of rotatable bonds is 8. The summed E-state index contributed by atoms with van der Waals surface area (Å²) < 4.78 is 6.38. The molecule has 1 heterocycles. The number of aromatic amines is 1. The molecule has 0 saturated heterocycles. The van der Waals surface area contributed by atoms with E-state index in [-0.39, 0.29) is 29.2 Å². The smallest absolute Gasteiger partial charge is 0.330 e. The maximum Gasteiger partial charge on any atom is 0.330 e. The fourth-order valence-electron chi connectivity index (χ4n) is 2.95. The van der Waals surface area contributed by atoms with Crippen molar-refractivity contribution in [1.29, 1.82) is 0 Å². The summed E-state index contributed by atoms with van der Waals surface area (Å²) >= 11 is 0. The van der Waals surface area contributed by atoms with Crippen LogP contribution in [0.25, 0.3) is 0 Å². The van der Waals surface area contributed by atoms with Gasteiger partial charge in [0.2, 0.25) is 5.91 Å². The quantitative estimate of drug-likeness (QED) is 0.672. The van der Waals surface area contributed by atoms with Gasteiger partial charge < -0.3 is 15.4 Å². The molecule has 1 aliphatic carbocycles. The number of anilines is 2. The summed E-state index contributed by atoms with van der Waals surface area (Å²) in [6.07, 6.45) is 1.38. The van der Waals surface area contributed by atoms with Crippen molar-refractivity contribution in [3.8, 4) is 0 Å². The van der Waals surface area contributed by atoms with Crippen LogP contribution in [0.15, 0.2) is 9.59 Å². The van der Waals surface area contributed by atoms with Crippen molar-refractivity contribution in [1.82, 2.24) is 9.55 Å². The van der Waals surface area contributed by atoms with E-state index in [9.17, 15) is 14.4 Å². The Labute approximate surface area is 147 Å². The standard InChI is InChI=1S/C17H28N4O4/c1-10(2)9-21-14(18)13(15(22)19-17(21)24)20(6-5-7-25-4)16(23)12-8-11(12)3/h10-12H,5-9,18H2,1-4H3,(H,19,22,24). The van der Waals surface area contributed by atoms with Crippen LogP contribution in [0.2, 0.25) is 0 Å². The van der Waals surface area contributed by atoms with Crippen molar-refractivity contribution >= 4 is 17.4 Å². The predicted octanol–water partition coefficient (Wildman–Crippen LogP) is 0.800. The molecule has 1 aromatic rings. The molecule has 0 spiro atoms. The first kappa shape index (κ1) is 19.2. The number of amides is 1. The number of nitrogens with two attached hydrogens (primary N) is 1. The minimum Gasteiger partial charge on any atom is -0.385 e. The normalized spacial score (nSPS) is 19.2. The number of ether oxygens (including phenoxy) is 1. The molecule has 8 heteroatoms. The summed E-state index contributed by atoms with van der Waals surface area (Å²) in [5, 5.41) is 0. The van der Waals surface area contributed by atoms with E-state index in [1.54, 1.807) is 7.11 Å². The highest BCUT2D eigenvalue weighted by molar-refractivity contribution is 5.98. The van der Waals surface area contributed by atoms with Crippen molar-refractivity contribution in [3.63, 3.8) is 0 Å². The van der Waals surface area contributed by atoms with Gasteiger partial charge in [0.05, 0.1) is 0 Å². The van der Waals surface area contributed by atoms with Gasteiger partial charge in [0, 0.05) is 32.7 Å². The molecule has 0 aliphatic heterocycles. The second kappa shape index (κ2) is 7.86. The van der Waals surface area contributed by atoms with E-state index in [1.807, 2.05) is 20.8 Å². The van der Waals surface area contributed by atoms with E-state index in [1.165, 1.54) is 9.47 Å². The Morgan fingerprint density at radius 3 is 2.60 bits per heavy atom. The Morgan fingerprint density at radius 1 is 1.44 bits per heavy atom. The van der Waals surface area contributed by atoms with Gasteiger partial charge in [0.1, 0.15) is 5.82 Å². The van der Waals surface area contributed by atoms with E-state index in [4.69, 9.17) is 10.5 Å². The van der Waals surface area contributed by atoms with Crippen molar-refractivity contribution in [2.45, 2.75) is 40.2 Å². The van der Waals surface area contributed by atoms with Gasteiger partial charge in [-0.1, -0.05) is 20.8 Å². The highest BCUT2D eigenvalue weighted by Crippen LogP contribution is 2.40. The van der Waals surface area contributed by atoms with Gasteiger partial charge in [-0.15, -0.1) is 0 Å². The molecule has 0 radical (unpaired) electrons. The van der Waals surface area contributed by atoms with Crippen molar-refractivity contribution in [2.24, 2.45) is 17.8 Å². The second-order valence-electron chi connectivity index (χ2n) is 7.15. The molecule has 2 atom stereocenters. The Hall–Kier alpha value is -2.09. The van der Waals surface area contributed by atoms with Gasteiger partial charge >= 0.3 is 5.69 Å². The molecule has 0 aromatic carbocycles. The van der Waals surface area contributed by atoms with Crippen molar-refractivity contribution in [2.75, 3.05) is 30.9 Å². The van der Waals surface area contributed by atoms with Crippen LogP contribution in [-0.2, 0) is 16.1 Å². The Kier molecular flexibility index (Phi) is 6.05. The number of aromatic nitrogens is 2. The van der Waals surface area contributed by atoms with Gasteiger partial charge in [0.25, 0.3) is 5.56 Å². The molecule has 1 aliphatic rings. The number of nitrogen functional groups attached to an aromatic ring is 1. The van der Waals surface area contributed by atoms with Crippen LogP contribution in [-0.4, -0.2) is 35.7 Å². The van der Waals surface area contributed by atoms with Gasteiger partial charge in [-0.25, -0.2) is 4.79 Å². The summed E-state index contributed by atoms with van der Waals surface area (Å²) in [7, 11) is 1.58. The molecule has 1 aromatic heterocycles. The number of hydrogen-bond donors (Lipinski definition) is 2. The zero-order chi connectivity index (χ0) is 18.7. The van der Waals surface area contributed by atoms with E-state index in [0.29, 0.717) is 32.0 Å². The van der Waals surface area contributed by atoms with Crippen LogP contribution in [0, 0.1) is 17.8 Å². The molecule has 25 heavy (non-hydrogen) atoms. The zero-order valence-electron chi connectivity index (χ0n) is 15.4. The fraction of sp³-hybridized carbons (Fsp3) is 0.706. The Balaban J connectivity index is 2.46. The van der Waals surface area contributed by atoms with E-state index in [2.05, 4.69) is 4.98 Å². The lowest BCUT2D eigenvalue weighted by molar-refractivity contribution is -0.120. The largest absolute Gasteiger partial charge is 0.385 e. The first-order chi connectivity index (χ1) is 11.8. The number of carbonyl (C=O) groups excluding carboxylic acids is 1. The molecule has 2 unspecified atom stereocenters. The zero-order valence-corrected chi connectivity index (χ0v) is 15.4. The lowest BCUT2D eigenvalue weighted by Crippen LogP contribution is -2.43. The molecule has 1 fully saturated rings. The summed E-state index contributed by atoms with van der Waals surface area (Å²) in [6, 6.07) is 0. The number of carbonyl (C=O) groups is 1. The third-order valence-electron chi connectivity index (χ3n) is 4.45. The Bertz CT molecular complexity index is 737. The summed E-state index contributed by atoms with van der Waals surface area (Å²) in [5.74, 6) is 0.308. The molecule has 140 valence electrons. The average molecular weight is 352 g/mol. The molecule has 0 bridgehead atoms. The molecule has 2 rings (SSSR count). The average Bonchev–Trinajstić information content (AvgIpc) is 3.26. The summed E-state index contributed by atoms with van der Waals surface area (Å²) in [4.78, 5) is 41.1.